The van der Waals surface area contributed by atoms with Crippen molar-refractivity contribution in [1.82, 2.24) is 4.90 Å². The van der Waals surface area contributed by atoms with E-state index < -0.39 is 0 Å². The van der Waals surface area contributed by atoms with Crippen LogP contribution in [0.2, 0.25) is 0 Å². The van der Waals surface area contributed by atoms with Crippen molar-refractivity contribution in [2.24, 2.45) is 0 Å². The van der Waals surface area contributed by atoms with Gasteiger partial charge in [0.1, 0.15) is 6.23 Å². The van der Waals surface area contributed by atoms with Crippen LogP contribution in [0.25, 0.3) is 0 Å². The van der Waals surface area contributed by atoms with Crippen LogP contribution in [0.3, 0.4) is 0 Å². The lowest BCUT2D eigenvalue weighted by Gasteiger charge is -2.17. The van der Waals surface area contributed by atoms with Gasteiger partial charge in [-0.1, -0.05) is 30.3 Å². The third-order valence-corrected chi connectivity index (χ3v) is 2.37. The molecule has 0 aliphatic carbocycles. The minimum absolute atomic E-state index is 0.307. The van der Waals surface area contributed by atoms with E-state index in [1.807, 2.05) is 25.1 Å². The first-order valence-corrected chi connectivity index (χ1v) is 5.08. The first-order valence-electron chi connectivity index (χ1n) is 5.08. The quantitative estimate of drug-likeness (QED) is 0.722. The van der Waals surface area contributed by atoms with Crippen LogP contribution in [0.5, 0.6) is 0 Å². The molecule has 0 amide bonds. The van der Waals surface area contributed by atoms with Crippen molar-refractivity contribution in [1.29, 1.82) is 0 Å². The Kier molecular flexibility index (Phi) is 4.63. The molecular formula is C12H19NO. The molecule has 0 aliphatic rings. The molecule has 0 saturated heterocycles. The van der Waals surface area contributed by atoms with E-state index in [1.54, 1.807) is 0 Å². The molecule has 1 N–H and O–H groups in total. The molecule has 0 heterocycles. The van der Waals surface area contributed by atoms with Gasteiger partial charge in [0.25, 0.3) is 0 Å². The predicted octanol–water partition coefficient (Wildman–Crippen LogP) is 1.89. The van der Waals surface area contributed by atoms with E-state index >= 15 is 0 Å². The maximum absolute atomic E-state index is 9.53. The second-order valence-electron chi connectivity index (χ2n) is 3.82. The first-order chi connectivity index (χ1) is 6.70. The zero-order chi connectivity index (χ0) is 10.4. The number of aryl methyl sites for hydroxylation is 1. The van der Waals surface area contributed by atoms with Crippen molar-refractivity contribution >= 4 is 0 Å². The van der Waals surface area contributed by atoms with Gasteiger partial charge in [-0.2, -0.15) is 0 Å². The van der Waals surface area contributed by atoms with Crippen LogP contribution < -0.4 is 0 Å². The Morgan fingerprint density at radius 3 is 2.43 bits per heavy atom. The molecule has 78 valence electrons. The highest BCUT2D eigenvalue weighted by molar-refractivity contribution is 5.14. The van der Waals surface area contributed by atoms with E-state index in [-0.39, 0.29) is 6.23 Å². The molecule has 0 aliphatic heterocycles. The third kappa shape index (κ3) is 3.90. The second-order valence-corrected chi connectivity index (χ2v) is 3.82. The fourth-order valence-corrected chi connectivity index (χ4v) is 1.39. The molecule has 0 spiro atoms. The van der Waals surface area contributed by atoms with Crippen molar-refractivity contribution in [2.75, 3.05) is 14.1 Å². The van der Waals surface area contributed by atoms with Gasteiger partial charge >= 0.3 is 0 Å². The molecule has 1 aromatic rings. The van der Waals surface area contributed by atoms with Crippen LogP contribution in [0, 0.1) is 0 Å². The number of benzene rings is 1. The number of rotatable bonds is 5. The summed E-state index contributed by atoms with van der Waals surface area (Å²) in [6.07, 6.45) is 2.61. The Morgan fingerprint density at radius 2 is 1.86 bits per heavy atom. The number of hydrogen-bond donors (Lipinski definition) is 1. The fourth-order valence-electron chi connectivity index (χ4n) is 1.39. The molecule has 0 aromatic heterocycles. The Balaban J connectivity index is 2.22. The number of aliphatic hydroxyl groups excluding tert-OH is 1. The molecule has 0 saturated carbocycles. The Bertz CT molecular complexity index is 246. The largest absolute Gasteiger partial charge is 0.378 e. The topological polar surface area (TPSA) is 23.5 Å². The number of aliphatic hydroxyl groups is 1. The van der Waals surface area contributed by atoms with Crippen molar-refractivity contribution in [3.8, 4) is 0 Å². The van der Waals surface area contributed by atoms with Crippen molar-refractivity contribution < 1.29 is 5.11 Å². The molecular weight excluding hydrogens is 174 g/mol. The standard InChI is InChI=1S/C12H19NO/c1-13(2)12(14)10-6-9-11-7-4-3-5-8-11/h3-5,7-8,12,14H,6,9-10H2,1-2H3. The fraction of sp³-hybridized carbons (Fsp3) is 0.500. The molecule has 14 heavy (non-hydrogen) atoms. The van der Waals surface area contributed by atoms with Crippen LogP contribution in [-0.2, 0) is 6.42 Å². The van der Waals surface area contributed by atoms with Crippen LogP contribution in [0.1, 0.15) is 18.4 Å². The SMILES string of the molecule is CN(C)C(O)CCCc1ccccc1. The maximum atomic E-state index is 9.53. The van der Waals surface area contributed by atoms with Crippen LogP contribution in [0.4, 0.5) is 0 Å². The third-order valence-electron chi connectivity index (χ3n) is 2.37. The summed E-state index contributed by atoms with van der Waals surface area (Å²) in [5, 5.41) is 9.53. The van der Waals surface area contributed by atoms with Gasteiger partial charge in [-0.25, -0.2) is 0 Å². The van der Waals surface area contributed by atoms with Gasteiger partial charge in [0.15, 0.2) is 0 Å². The highest BCUT2D eigenvalue weighted by Gasteiger charge is 2.05. The predicted molar refractivity (Wildman–Crippen MR) is 59.1 cm³/mol. The Morgan fingerprint density at radius 1 is 1.21 bits per heavy atom. The molecule has 2 nitrogen and oxygen atoms in total. The lowest BCUT2D eigenvalue weighted by atomic mass is 10.1. The van der Waals surface area contributed by atoms with E-state index in [1.165, 1.54) is 5.56 Å². The lowest BCUT2D eigenvalue weighted by molar-refractivity contribution is 0.0319. The van der Waals surface area contributed by atoms with Gasteiger partial charge in [0, 0.05) is 0 Å². The van der Waals surface area contributed by atoms with Gasteiger partial charge in [0.05, 0.1) is 0 Å². The minimum atomic E-state index is -0.307. The van der Waals surface area contributed by atoms with Crippen molar-refractivity contribution in [2.45, 2.75) is 25.5 Å². The summed E-state index contributed by atoms with van der Waals surface area (Å²) in [5.41, 5.74) is 1.35. The summed E-state index contributed by atoms with van der Waals surface area (Å²) in [4.78, 5) is 1.84. The monoisotopic (exact) mass is 193 g/mol. The van der Waals surface area contributed by atoms with Gasteiger partial charge in [-0.05, 0) is 38.9 Å². The van der Waals surface area contributed by atoms with E-state index in [0.717, 1.165) is 19.3 Å². The summed E-state index contributed by atoms with van der Waals surface area (Å²) in [6.45, 7) is 0. The average molecular weight is 193 g/mol. The van der Waals surface area contributed by atoms with Gasteiger partial charge in [-0.3, -0.25) is 4.90 Å². The molecule has 0 radical (unpaired) electrons. The highest BCUT2D eigenvalue weighted by Crippen LogP contribution is 2.07. The smallest absolute Gasteiger partial charge is 0.106 e. The van der Waals surface area contributed by atoms with Gasteiger partial charge in [0.2, 0.25) is 0 Å². The van der Waals surface area contributed by atoms with Gasteiger partial charge < -0.3 is 5.11 Å². The van der Waals surface area contributed by atoms with Gasteiger partial charge in [-0.15, -0.1) is 0 Å². The minimum Gasteiger partial charge on any atom is -0.378 e. The molecule has 1 unspecified atom stereocenters. The Hall–Kier alpha value is -0.860. The van der Waals surface area contributed by atoms with Crippen molar-refractivity contribution in [3.63, 3.8) is 0 Å². The van der Waals surface area contributed by atoms with Crippen LogP contribution >= 0.6 is 0 Å². The Labute approximate surface area is 86.2 Å². The van der Waals surface area contributed by atoms with Crippen LogP contribution in [-0.4, -0.2) is 30.3 Å². The summed E-state index contributed by atoms with van der Waals surface area (Å²) in [5.74, 6) is 0. The molecule has 1 aromatic carbocycles. The van der Waals surface area contributed by atoms with E-state index in [0.29, 0.717) is 0 Å². The molecule has 1 atom stereocenters. The van der Waals surface area contributed by atoms with E-state index in [4.69, 9.17) is 0 Å². The zero-order valence-electron chi connectivity index (χ0n) is 8.98. The number of hydrogen-bond acceptors (Lipinski definition) is 2. The molecule has 2 heteroatoms. The normalized spacial score (nSPS) is 13.1. The van der Waals surface area contributed by atoms with Crippen molar-refractivity contribution in [3.05, 3.63) is 35.9 Å². The van der Waals surface area contributed by atoms with E-state index in [2.05, 4.69) is 24.3 Å². The summed E-state index contributed by atoms with van der Waals surface area (Å²) in [7, 11) is 3.79. The highest BCUT2D eigenvalue weighted by atomic mass is 16.3. The van der Waals surface area contributed by atoms with Crippen LogP contribution in [0.15, 0.2) is 30.3 Å². The molecule has 0 fully saturated rings. The summed E-state index contributed by atoms with van der Waals surface area (Å²) >= 11 is 0. The molecule has 1 rings (SSSR count). The zero-order valence-corrected chi connectivity index (χ0v) is 8.98. The number of nitrogens with zero attached hydrogens (tertiary/aromatic N) is 1. The average Bonchev–Trinajstić information content (AvgIpc) is 2.19. The lowest BCUT2D eigenvalue weighted by Crippen LogP contribution is -2.27. The second kappa shape index (κ2) is 5.78. The first kappa shape index (κ1) is 11.2. The summed E-state index contributed by atoms with van der Waals surface area (Å²) < 4.78 is 0. The maximum Gasteiger partial charge on any atom is 0.106 e. The molecule has 0 bridgehead atoms. The summed E-state index contributed by atoms with van der Waals surface area (Å²) in [6, 6.07) is 10.4. The van der Waals surface area contributed by atoms with E-state index in [9.17, 15) is 5.11 Å².